The van der Waals surface area contributed by atoms with Crippen molar-refractivity contribution in [3.05, 3.63) is 55.9 Å². The van der Waals surface area contributed by atoms with Crippen LogP contribution in [0.1, 0.15) is 75.0 Å². The average Bonchev–Trinajstić information content (AvgIpc) is 3.10. The van der Waals surface area contributed by atoms with Crippen LogP contribution in [0.4, 0.5) is 10.7 Å². The molecule has 170 valence electrons. The zero-order chi connectivity index (χ0) is 23.3. The van der Waals surface area contributed by atoms with Crippen LogP contribution in [0.3, 0.4) is 0 Å². The van der Waals surface area contributed by atoms with E-state index in [1.807, 2.05) is 0 Å². The fourth-order valence-corrected chi connectivity index (χ4v) is 4.79. The maximum atomic E-state index is 12.9. The highest BCUT2D eigenvalue weighted by molar-refractivity contribution is 7.18. The smallest absolute Gasteiger partial charge is 0.341 e. The largest absolute Gasteiger partial charge is 0.462 e. The summed E-state index contributed by atoms with van der Waals surface area (Å²) in [6, 6.07) is 5.36. The molecule has 0 radical (unpaired) electrons. The Balaban J connectivity index is 1.89. The number of esters is 1. The van der Waals surface area contributed by atoms with Gasteiger partial charge < -0.3 is 15.4 Å². The molecule has 32 heavy (non-hydrogen) atoms. The van der Waals surface area contributed by atoms with Crippen molar-refractivity contribution >= 4 is 39.8 Å². The molecule has 1 aromatic carbocycles. The van der Waals surface area contributed by atoms with Gasteiger partial charge in [-0.15, -0.1) is 11.3 Å². The van der Waals surface area contributed by atoms with E-state index in [0.717, 1.165) is 49.5 Å². The first kappa shape index (κ1) is 23.4. The summed E-state index contributed by atoms with van der Waals surface area (Å²) in [5.74, 6) is -1.56. The Labute approximate surface area is 189 Å². The molecule has 1 fully saturated rings. The first-order valence-corrected chi connectivity index (χ1v) is 11.3. The lowest BCUT2D eigenvalue weighted by Gasteiger charge is -2.22. The molecule has 1 aromatic heterocycles. The third kappa shape index (κ3) is 5.31. The number of carbonyl (C=O) groups excluding carboxylic acids is 3. The zero-order valence-corrected chi connectivity index (χ0v) is 18.8. The van der Waals surface area contributed by atoms with E-state index >= 15 is 0 Å². The van der Waals surface area contributed by atoms with E-state index in [1.54, 1.807) is 13.8 Å². The van der Waals surface area contributed by atoms with Crippen LogP contribution < -0.4 is 10.6 Å². The number of nitro groups is 1. The van der Waals surface area contributed by atoms with E-state index in [-0.39, 0.29) is 40.4 Å². The highest BCUT2D eigenvalue weighted by atomic mass is 32.1. The Kier molecular flexibility index (Phi) is 7.57. The molecule has 2 aromatic rings. The van der Waals surface area contributed by atoms with Crippen molar-refractivity contribution in [2.75, 3.05) is 11.9 Å². The fourth-order valence-electron chi connectivity index (χ4n) is 3.70. The number of nitrogens with zero attached hydrogens (tertiary/aromatic N) is 1. The van der Waals surface area contributed by atoms with Gasteiger partial charge in [0.15, 0.2) is 0 Å². The summed E-state index contributed by atoms with van der Waals surface area (Å²) >= 11 is 0.992. The number of benzene rings is 1. The van der Waals surface area contributed by atoms with Gasteiger partial charge in [0.2, 0.25) is 0 Å². The predicted octanol–water partition coefficient (Wildman–Crippen LogP) is 4.46. The van der Waals surface area contributed by atoms with Gasteiger partial charge in [-0.3, -0.25) is 19.7 Å². The zero-order valence-electron chi connectivity index (χ0n) is 17.9. The van der Waals surface area contributed by atoms with Crippen molar-refractivity contribution in [2.45, 2.75) is 52.0 Å². The summed E-state index contributed by atoms with van der Waals surface area (Å²) in [5, 5.41) is 16.8. The number of rotatable bonds is 7. The van der Waals surface area contributed by atoms with Crippen LogP contribution in [0.5, 0.6) is 0 Å². The molecule has 2 amide bonds. The van der Waals surface area contributed by atoms with E-state index < -0.39 is 16.8 Å². The van der Waals surface area contributed by atoms with E-state index in [0.29, 0.717) is 10.4 Å². The van der Waals surface area contributed by atoms with Crippen LogP contribution >= 0.6 is 11.3 Å². The van der Waals surface area contributed by atoms with Gasteiger partial charge in [0.05, 0.1) is 22.0 Å². The Hall–Kier alpha value is -3.27. The number of ether oxygens (including phenoxy) is 1. The van der Waals surface area contributed by atoms with E-state index in [1.165, 1.54) is 18.2 Å². The standard InChI is InChI=1S/C22H25N3O6S/c1-3-31-22(28)17-13(2)18(20(27)23-15-9-5-4-6-10-15)32-21(17)24-19(26)14-8-7-11-16(12-14)25(29)30/h7-8,11-12,15H,3-6,9-10H2,1-2H3,(H,23,27)(H,24,26). The van der Waals surface area contributed by atoms with Crippen LogP contribution in [-0.4, -0.2) is 35.4 Å². The normalized spacial score (nSPS) is 13.9. The van der Waals surface area contributed by atoms with Crippen molar-refractivity contribution in [3.63, 3.8) is 0 Å². The van der Waals surface area contributed by atoms with Gasteiger partial charge >= 0.3 is 5.97 Å². The number of thiophene rings is 1. The molecule has 1 saturated carbocycles. The van der Waals surface area contributed by atoms with Crippen molar-refractivity contribution in [3.8, 4) is 0 Å². The van der Waals surface area contributed by atoms with Crippen molar-refractivity contribution in [2.24, 2.45) is 0 Å². The third-order valence-electron chi connectivity index (χ3n) is 5.32. The molecule has 2 N–H and O–H groups in total. The number of non-ortho nitro benzene ring substituents is 1. The maximum Gasteiger partial charge on any atom is 0.341 e. The van der Waals surface area contributed by atoms with Crippen LogP contribution in [-0.2, 0) is 4.74 Å². The molecule has 1 aliphatic carbocycles. The molecule has 1 heterocycles. The van der Waals surface area contributed by atoms with Gasteiger partial charge in [0, 0.05) is 23.7 Å². The molecule has 0 unspecified atom stereocenters. The molecule has 0 atom stereocenters. The summed E-state index contributed by atoms with van der Waals surface area (Å²) < 4.78 is 5.13. The van der Waals surface area contributed by atoms with Crippen molar-refractivity contribution in [1.82, 2.24) is 5.32 Å². The second kappa shape index (κ2) is 10.4. The molecular formula is C22H25N3O6S. The number of carbonyl (C=O) groups is 3. The minimum atomic E-state index is -0.646. The molecule has 9 nitrogen and oxygen atoms in total. The van der Waals surface area contributed by atoms with Crippen molar-refractivity contribution in [1.29, 1.82) is 0 Å². The monoisotopic (exact) mass is 459 g/mol. The van der Waals surface area contributed by atoms with Gasteiger partial charge in [0.1, 0.15) is 5.00 Å². The van der Waals surface area contributed by atoms with Crippen LogP contribution in [0.2, 0.25) is 0 Å². The number of nitrogens with one attached hydrogen (secondary N) is 2. The predicted molar refractivity (Wildman–Crippen MR) is 120 cm³/mol. The topological polar surface area (TPSA) is 128 Å². The second-order valence-corrected chi connectivity index (χ2v) is 8.57. The van der Waals surface area contributed by atoms with Gasteiger partial charge in [-0.1, -0.05) is 25.3 Å². The first-order chi connectivity index (χ1) is 15.3. The summed E-state index contributed by atoms with van der Waals surface area (Å²) in [5.41, 5.74) is 0.381. The lowest BCUT2D eigenvalue weighted by molar-refractivity contribution is -0.384. The lowest BCUT2D eigenvalue weighted by atomic mass is 9.95. The Morgan fingerprint density at radius 3 is 2.56 bits per heavy atom. The lowest BCUT2D eigenvalue weighted by Crippen LogP contribution is -2.36. The summed E-state index contributed by atoms with van der Waals surface area (Å²) in [6.07, 6.45) is 5.11. The summed E-state index contributed by atoms with van der Waals surface area (Å²) in [4.78, 5) is 49.0. The molecule has 1 aliphatic rings. The Bertz CT molecular complexity index is 1040. The SMILES string of the molecule is CCOC(=O)c1c(NC(=O)c2cccc([N+](=O)[O-])c2)sc(C(=O)NC2CCCCC2)c1C. The minimum absolute atomic E-state index is 0.0632. The summed E-state index contributed by atoms with van der Waals surface area (Å²) in [6.45, 7) is 3.44. The van der Waals surface area contributed by atoms with E-state index in [9.17, 15) is 24.5 Å². The number of amides is 2. The fraction of sp³-hybridized carbons (Fsp3) is 0.409. The number of hydrogen-bond acceptors (Lipinski definition) is 7. The highest BCUT2D eigenvalue weighted by Gasteiger charge is 2.28. The maximum absolute atomic E-state index is 12.9. The quantitative estimate of drug-likeness (QED) is 0.357. The van der Waals surface area contributed by atoms with Gasteiger partial charge in [0.25, 0.3) is 17.5 Å². The van der Waals surface area contributed by atoms with Crippen LogP contribution in [0.15, 0.2) is 24.3 Å². The van der Waals surface area contributed by atoms with E-state index in [2.05, 4.69) is 10.6 Å². The van der Waals surface area contributed by atoms with Crippen molar-refractivity contribution < 1.29 is 24.0 Å². The minimum Gasteiger partial charge on any atom is -0.462 e. The number of hydrogen-bond donors (Lipinski definition) is 2. The van der Waals surface area contributed by atoms with Crippen LogP contribution in [0.25, 0.3) is 0 Å². The second-order valence-electron chi connectivity index (χ2n) is 7.55. The number of anilines is 1. The molecule has 0 bridgehead atoms. The summed E-state index contributed by atoms with van der Waals surface area (Å²) in [7, 11) is 0. The first-order valence-electron chi connectivity index (χ1n) is 10.5. The highest BCUT2D eigenvalue weighted by Crippen LogP contribution is 2.34. The van der Waals surface area contributed by atoms with Gasteiger partial charge in [-0.25, -0.2) is 4.79 Å². The average molecular weight is 460 g/mol. The van der Waals surface area contributed by atoms with Gasteiger partial charge in [-0.05, 0) is 38.3 Å². The third-order valence-corrected chi connectivity index (χ3v) is 6.53. The number of nitro benzene ring substituents is 1. The molecule has 10 heteroatoms. The Morgan fingerprint density at radius 1 is 1.19 bits per heavy atom. The molecular weight excluding hydrogens is 434 g/mol. The van der Waals surface area contributed by atoms with Crippen LogP contribution in [0, 0.1) is 17.0 Å². The Morgan fingerprint density at radius 2 is 1.91 bits per heavy atom. The molecule has 0 saturated heterocycles. The molecule has 3 rings (SSSR count). The molecule has 0 spiro atoms. The van der Waals surface area contributed by atoms with Gasteiger partial charge in [-0.2, -0.15) is 0 Å². The molecule has 0 aliphatic heterocycles. The van der Waals surface area contributed by atoms with E-state index in [4.69, 9.17) is 4.74 Å².